The second-order valence-corrected chi connectivity index (χ2v) is 6.96. The third kappa shape index (κ3) is 5.26. The maximum atomic E-state index is 13.1. The lowest BCUT2D eigenvalue weighted by molar-refractivity contribution is -0.123. The van der Waals surface area contributed by atoms with E-state index in [2.05, 4.69) is 5.32 Å². The van der Waals surface area contributed by atoms with E-state index < -0.39 is 12.1 Å². The average molecular weight is 403 g/mol. The normalized spacial score (nSPS) is 11.4. The van der Waals surface area contributed by atoms with E-state index in [1.807, 2.05) is 62.4 Å². The Balaban J connectivity index is 1.83. The zero-order chi connectivity index (χ0) is 21.5. The summed E-state index contributed by atoms with van der Waals surface area (Å²) in [7, 11) is 0. The van der Waals surface area contributed by atoms with Crippen LogP contribution in [0, 0.1) is 13.8 Å². The molecular formula is C25H25NO4. The minimum absolute atomic E-state index is 0.274. The van der Waals surface area contributed by atoms with Crippen molar-refractivity contribution in [2.24, 2.45) is 0 Å². The van der Waals surface area contributed by atoms with Crippen LogP contribution in [-0.4, -0.2) is 18.5 Å². The molecule has 5 heteroatoms. The molecule has 0 saturated carbocycles. The molecule has 0 fully saturated rings. The highest BCUT2D eigenvalue weighted by atomic mass is 16.5. The first-order chi connectivity index (χ1) is 14.5. The van der Waals surface area contributed by atoms with Crippen molar-refractivity contribution in [2.45, 2.75) is 26.9 Å². The lowest BCUT2D eigenvalue weighted by Crippen LogP contribution is -2.26. The number of esters is 1. The Kier molecular flexibility index (Phi) is 6.86. The molecule has 0 unspecified atom stereocenters. The minimum atomic E-state index is -0.848. The zero-order valence-electron chi connectivity index (χ0n) is 17.3. The average Bonchev–Trinajstić information content (AvgIpc) is 2.75. The van der Waals surface area contributed by atoms with Gasteiger partial charge >= 0.3 is 5.97 Å². The number of hydrogen-bond acceptors (Lipinski definition) is 4. The van der Waals surface area contributed by atoms with Gasteiger partial charge in [-0.05, 0) is 62.2 Å². The van der Waals surface area contributed by atoms with Crippen LogP contribution >= 0.6 is 0 Å². The van der Waals surface area contributed by atoms with Gasteiger partial charge in [0.25, 0.3) is 5.91 Å². The van der Waals surface area contributed by atoms with Crippen molar-refractivity contribution in [2.75, 3.05) is 11.9 Å². The molecule has 1 N–H and O–H groups in total. The van der Waals surface area contributed by atoms with Crippen LogP contribution in [0.1, 0.15) is 40.1 Å². The predicted octanol–water partition coefficient (Wildman–Crippen LogP) is 5.24. The third-order valence-corrected chi connectivity index (χ3v) is 4.61. The molecule has 3 aromatic carbocycles. The molecule has 0 aliphatic heterocycles. The molecule has 1 amide bonds. The maximum Gasteiger partial charge on any atom is 0.338 e. The SMILES string of the molecule is CCOC(=O)c1ccc(O[C@H](C(=O)Nc2cc(C)ccc2C)c2ccccc2)cc1. The molecule has 0 saturated heterocycles. The van der Waals surface area contributed by atoms with E-state index in [1.54, 1.807) is 31.2 Å². The molecule has 0 radical (unpaired) electrons. The molecule has 30 heavy (non-hydrogen) atoms. The van der Waals surface area contributed by atoms with Gasteiger partial charge in [-0.25, -0.2) is 4.79 Å². The van der Waals surface area contributed by atoms with Crippen LogP contribution in [-0.2, 0) is 9.53 Å². The lowest BCUT2D eigenvalue weighted by Gasteiger charge is -2.20. The van der Waals surface area contributed by atoms with E-state index in [1.165, 1.54) is 0 Å². The number of aryl methyl sites for hydroxylation is 2. The van der Waals surface area contributed by atoms with Gasteiger partial charge < -0.3 is 14.8 Å². The highest BCUT2D eigenvalue weighted by Gasteiger charge is 2.23. The first-order valence-corrected chi connectivity index (χ1v) is 9.85. The highest BCUT2D eigenvalue weighted by Crippen LogP contribution is 2.25. The molecule has 0 aromatic heterocycles. The first kappa shape index (κ1) is 21.1. The summed E-state index contributed by atoms with van der Waals surface area (Å²) in [6.45, 7) is 5.99. The summed E-state index contributed by atoms with van der Waals surface area (Å²) in [4.78, 5) is 25.0. The number of carbonyl (C=O) groups excluding carboxylic acids is 2. The Hall–Kier alpha value is -3.60. The quantitative estimate of drug-likeness (QED) is 0.548. The minimum Gasteiger partial charge on any atom is -0.476 e. The molecule has 0 aliphatic carbocycles. The van der Waals surface area contributed by atoms with Crippen LogP contribution in [0.15, 0.2) is 72.8 Å². The number of ether oxygens (including phenoxy) is 2. The smallest absolute Gasteiger partial charge is 0.338 e. The van der Waals surface area contributed by atoms with Crippen molar-refractivity contribution >= 4 is 17.6 Å². The third-order valence-electron chi connectivity index (χ3n) is 4.61. The molecule has 0 aliphatic rings. The van der Waals surface area contributed by atoms with Crippen molar-refractivity contribution < 1.29 is 19.1 Å². The van der Waals surface area contributed by atoms with Crippen LogP contribution in [0.3, 0.4) is 0 Å². The van der Waals surface area contributed by atoms with Gasteiger partial charge in [0.05, 0.1) is 12.2 Å². The predicted molar refractivity (Wildman–Crippen MR) is 117 cm³/mol. The van der Waals surface area contributed by atoms with Gasteiger partial charge in [-0.1, -0.05) is 42.5 Å². The van der Waals surface area contributed by atoms with Gasteiger partial charge in [0.15, 0.2) is 0 Å². The lowest BCUT2D eigenvalue weighted by atomic mass is 10.1. The van der Waals surface area contributed by atoms with Crippen molar-refractivity contribution in [1.29, 1.82) is 0 Å². The Bertz CT molecular complexity index is 1010. The summed E-state index contributed by atoms with van der Waals surface area (Å²) >= 11 is 0. The summed E-state index contributed by atoms with van der Waals surface area (Å²) in [5.41, 5.74) is 3.94. The summed E-state index contributed by atoms with van der Waals surface area (Å²) in [6, 6.07) is 21.8. The number of hydrogen-bond donors (Lipinski definition) is 1. The van der Waals surface area contributed by atoms with E-state index in [-0.39, 0.29) is 5.91 Å². The van der Waals surface area contributed by atoms with Gasteiger partial charge in [0.1, 0.15) is 5.75 Å². The summed E-state index contributed by atoms with van der Waals surface area (Å²) in [5.74, 6) is -0.186. The van der Waals surface area contributed by atoms with Gasteiger partial charge in [-0.2, -0.15) is 0 Å². The Morgan fingerprint density at radius 3 is 2.30 bits per heavy atom. The number of anilines is 1. The van der Waals surface area contributed by atoms with Crippen molar-refractivity contribution in [1.82, 2.24) is 0 Å². The van der Waals surface area contributed by atoms with Gasteiger partial charge in [0.2, 0.25) is 6.10 Å². The molecule has 5 nitrogen and oxygen atoms in total. The molecule has 0 heterocycles. The molecule has 1 atom stereocenters. The molecule has 0 bridgehead atoms. The second-order valence-electron chi connectivity index (χ2n) is 6.96. The maximum absolute atomic E-state index is 13.1. The van der Waals surface area contributed by atoms with E-state index in [0.717, 1.165) is 22.4 Å². The summed E-state index contributed by atoms with van der Waals surface area (Å²) in [6.07, 6.45) is -0.848. The zero-order valence-corrected chi connectivity index (χ0v) is 17.3. The molecule has 0 spiro atoms. The van der Waals surface area contributed by atoms with E-state index in [0.29, 0.717) is 17.9 Å². The largest absolute Gasteiger partial charge is 0.476 e. The number of amides is 1. The second kappa shape index (κ2) is 9.74. The highest BCUT2D eigenvalue weighted by molar-refractivity contribution is 5.96. The fourth-order valence-corrected chi connectivity index (χ4v) is 2.99. The Morgan fingerprint density at radius 2 is 1.63 bits per heavy atom. The number of rotatable bonds is 7. The van der Waals surface area contributed by atoms with Crippen LogP contribution in [0.2, 0.25) is 0 Å². The Morgan fingerprint density at radius 1 is 0.933 bits per heavy atom. The first-order valence-electron chi connectivity index (χ1n) is 9.85. The summed E-state index contributed by atoms with van der Waals surface area (Å²) in [5, 5.41) is 2.98. The number of nitrogens with one attached hydrogen (secondary N) is 1. The fraction of sp³-hybridized carbons (Fsp3) is 0.200. The summed E-state index contributed by atoms with van der Waals surface area (Å²) < 4.78 is 11.0. The van der Waals surface area contributed by atoms with E-state index in [9.17, 15) is 9.59 Å². The standard InChI is InChI=1S/C25H25NO4/c1-4-29-25(28)20-12-14-21(15-13-20)30-23(19-8-6-5-7-9-19)24(27)26-22-16-17(2)10-11-18(22)3/h5-16,23H,4H2,1-3H3,(H,26,27)/t23-/m0/s1. The Labute approximate surface area is 176 Å². The van der Waals surface area contributed by atoms with Gasteiger partial charge in [0, 0.05) is 11.3 Å². The van der Waals surface area contributed by atoms with Crippen molar-refractivity contribution in [3.8, 4) is 5.75 Å². The van der Waals surface area contributed by atoms with Crippen molar-refractivity contribution in [3.63, 3.8) is 0 Å². The van der Waals surface area contributed by atoms with E-state index in [4.69, 9.17) is 9.47 Å². The number of carbonyl (C=O) groups is 2. The van der Waals surface area contributed by atoms with Crippen molar-refractivity contribution in [3.05, 3.63) is 95.1 Å². The van der Waals surface area contributed by atoms with Crippen LogP contribution in [0.25, 0.3) is 0 Å². The number of benzene rings is 3. The molecule has 3 rings (SSSR count). The van der Waals surface area contributed by atoms with Crippen LogP contribution in [0.5, 0.6) is 5.75 Å². The van der Waals surface area contributed by atoms with Crippen LogP contribution in [0.4, 0.5) is 5.69 Å². The fourth-order valence-electron chi connectivity index (χ4n) is 2.99. The monoisotopic (exact) mass is 403 g/mol. The van der Waals surface area contributed by atoms with Crippen LogP contribution < -0.4 is 10.1 Å². The molecular weight excluding hydrogens is 378 g/mol. The van der Waals surface area contributed by atoms with E-state index >= 15 is 0 Å². The molecule has 154 valence electrons. The molecule has 3 aromatic rings. The van der Waals surface area contributed by atoms with Gasteiger partial charge in [-0.15, -0.1) is 0 Å². The topological polar surface area (TPSA) is 64.6 Å². The van der Waals surface area contributed by atoms with Gasteiger partial charge in [-0.3, -0.25) is 4.79 Å².